The van der Waals surface area contributed by atoms with Crippen molar-refractivity contribution in [2.24, 2.45) is 0 Å². The topological polar surface area (TPSA) is 53.1 Å². The van der Waals surface area contributed by atoms with E-state index in [1.165, 1.54) is 4.90 Å². The highest BCUT2D eigenvalue weighted by Crippen LogP contribution is 2.31. The predicted octanol–water partition coefficient (Wildman–Crippen LogP) is 3.46. The quantitative estimate of drug-likeness (QED) is 0.691. The molecule has 2 aliphatic heterocycles. The van der Waals surface area contributed by atoms with Gasteiger partial charge in [-0.3, -0.25) is 14.5 Å². The highest BCUT2D eigenvalue weighted by Gasteiger charge is 2.43. The van der Waals surface area contributed by atoms with Crippen molar-refractivity contribution in [1.82, 2.24) is 4.90 Å². The fourth-order valence-electron chi connectivity index (χ4n) is 3.93. The van der Waals surface area contributed by atoms with Crippen molar-refractivity contribution in [3.05, 3.63) is 52.5 Å². The summed E-state index contributed by atoms with van der Waals surface area (Å²) >= 11 is 12.1. The van der Waals surface area contributed by atoms with E-state index in [0.29, 0.717) is 28.8 Å². The van der Waals surface area contributed by atoms with Crippen LogP contribution in [-0.4, -0.2) is 56.0 Å². The number of benzene rings is 2. The van der Waals surface area contributed by atoms with Gasteiger partial charge in [-0.15, -0.1) is 0 Å². The molecular formula is C21H21Cl2N3O3. The number of hydrogen-bond donors (Lipinski definition) is 0. The monoisotopic (exact) mass is 433 g/mol. The number of halogens is 2. The molecule has 2 amide bonds. The lowest BCUT2D eigenvalue weighted by Gasteiger charge is -2.38. The van der Waals surface area contributed by atoms with Crippen molar-refractivity contribution >= 4 is 46.4 Å². The molecule has 152 valence electrons. The van der Waals surface area contributed by atoms with Gasteiger partial charge in [0.15, 0.2) is 0 Å². The lowest BCUT2D eigenvalue weighted by atomic mass is 10.1. The maximum Gasteiger partial charge on any atom is 0.251 e. The molecule has 0 radical (unpaired) electrons. The van der Waals surface area contributed by atoms with Gasteiger partial charge in [-0.1, -0.05) is 23.2 Å². The molecule has 0 aliphatic carbocycles. The van der Waals surface area contributed by atoms with E-state index in [9.17, 15) is 9.59 Å². The predicted molar refractivity (Wildman–Crippen MR) is 114 cm³/mol. The van der Waals surface area contributed by atoms with Crippen molar-refractivity contribution in [1.29, 1.82) is 0 Å². The lowest BCUT2D eigenvalue weighted by molar-refractivity contribution is -0.123. The van der Waals surface area contributed by atoms with Crippen LogP contribution >= 0.6 is 23.2 Å². The first-order valence-corrected chi connectivity index (χ1v) is 10.2. The van der Waals surface area contributed by atoms with Crippen LogP contribution in [0.5, 0.6) is 5.75 Å². The summed E-state index contributed by atoms with van der Waals surface area (Å²) < 4.78 is 5.21. The van der Waals surface area contributed by atoms with E-state index >= 15 is 0 Å². The molecule has 2 fully saturated rings. The molecule has 2 aromatic rings. The Morgan fingerprint density at radius 1 is 0.897 bits per heavy atom. The van der Waals surface area contributed by atoms with Crippen molar-refractivity contribution in [3.8, 4) is 5.75 Å². The number of piperazine rings is 1. The summed E-state index contributed by atoms with van der Waals surface area (Å²) in [4.78, 5) is 31.2. The van der Waals surface area contributed by atoms with Crippen molar-refractivity contribution in [3.63, 3.8) is 0 Å². The maximum absolute atomic E-state index is 13.0. The van der Waals surface area contributed by atoms with Crippen LogP contribution in [0.15, 0.2) is 42.5 Å². The van der Waals surface area contributed by atoms with E-state index in [2.05, 4.69) is 9.80 Å². The van der Waals surface area contributed by atoms with Crippen LogP contribution in [0.4, 0.5) is 11.4 Å². The summed E-state index contributed by atoms with van der Waals surface area (Å²) in [5.41, 5.74) is 1.55. The minimum atomic E-state index is -0.446. The largest absolute Gasteiger partial charge is 0.497 e. The third-order valence-corrected chi connectivity index (χ3v) is 5.86. The van der Waals surface area contributed by atoms with Gasteiger partial charge in [-0.25, -0.2) is 4.90 Å². The van der Waals surface area contributed by atoms with Crippen LogP contribution in [0.1, 0.15) is 6.42 Å². The molecule has 0 saturated carbocycles. The molecule has 0 spiro atoms. The molecule has 4 rings (SSSR count). The van der Waals surface area contributed by atoms with Gasteiger partial charge < -0.3 is 9.64 Å². The highest BCUT2D eigenvalue weighted by atomic mass is 35.5. The Bertz CT molecular complexity index is 907. The highest BCUT2D eigenvalue weighted by molar-refractivity contribution is 6.35. The summed E-state index contributed by atoms with van der Waals surface area (Å²) in [6.07, 6.45) is 0.172. The number of carbonyl (C=O) groups excluding carboxylic acids is 2. The first-order chi connectivity index (χ1) is 14.0. The Morgan fingerprint density at radius 2 is 1.52 bits per heavy atom. The number of anilines is 2. The van der Waals surface area contributed by atoms with E-state index < -0.39 is 6.04 Å². The molecule has 2 aliphatic rings. The molecule has 29 heavy (non-hydrogen) atoms. The average molecular weight is 434 g/mol. The minimum absolute atomic E-state index is 0.172. The second-order valence-electron chi connectivity index (χ2n) is 7.14. The number of methoxy groups -OCH3 is 1. The average Bonchev–Trinajstić information content (AvgIpc) is 3.01. The third kappa shape index (κ3) is 4.06. The Labute approximate surface area is 179 Å². The number of nitrogens with zero attached hydrogens (tertiary/aromatic N) is 3. The molecule has 2 aromatic carbocycles. The fourth-order valence-corrected chi connectivity index (χ4v) is 4.44. The molecule has 6 nitrogen and oxygen atoms in total. The number of imide groups is 1. The maximum atomic E-state index is 13.0. The van der Waals surface area contributed by atoms with E-state index in [-0.39, 0.29) is 18.2 Å². The smallest absolute Gasteiger partial charge is 0.251 e. The number of ether oxygens (including phenoxy) is 1. The number of carbonyl (C=O) groups is 2. The van der Waals surface area contributed by atoms with Crippen molar-refractivity contribution < 1.29 is 14.3 Å². The summed E-state index contributed by atoms with van der Waals surface area (Å²) in [5.74, 6) is 0.380. The second kappa shape index (κ2) is 8.22. The zero-order valence-electron chi connectivity index (χ0n) is 16.0. The SMILES string of the molecule is COc1ccc(N2CCN(C3CC(=O)N(c4cc(Cl)cc(Cl)c4)C3=O)CC2)cc1. The summed E-state index contributed by atoms with van der Waals surface area (Å²) in [5, 5.41) is 0.786. The second-order valence-corrected chi connectivity index (χ2v) is 8.01. The van der Waals surface area contributed by atoms with Crippen molar-refractivity contribution in [2.75, 3.05) is 43.1 Å². The van der Waals surface area contributed by atoms with Gasteiger partial charge >= 0.3 is 0 Å². The minimum Gasteiger partial charge on any atom is -0.497 e. The zero-order chi connectivity index (χ0) is 20.5. The molecule has 2 heterocycles. The fraction of sp³-hybridized carbons (Fsp3) is 0.333. The van der Waals surface area contributed by atoms with E-state index in [0.717, 1.165) is 24.5 Å². The lowest BCUT2D eigenvalue weighted by Crippen LogP contribution is -2.52. The van der Waals surface area contributed by atoms with Gasteiger partial charge in [0.05, 0.1) is 25.3 Å². The van der Waals surface area contributed by atoms with Gasteiger partial charge in [0, 0.05) is 41.9 Å². The summed E-state index contributed by atoms with van der Waals surface area (Å²) in [6, 6.07) is 12.3. The standard InChI is InChI=1S/C21H21Cl2N3O3/c1-29-18-4-2-16(3-5-18)24-6-8-25(9-7-24)19-13-20(27)26(21(19)28)17-11-14(22)10-15(23)12-17/h2-5,10-12,19H,6-9,13H2,1H3. The van der Waals surface area contributed by atoms with Gasteiger partial charge in [0.1, 0.15) is 5.75 Å². The van der Waals surface area contributed by atoms with E-state index in [1.807, 2.05) is 24.3 Å². The van der Waals surface area contributed by atoms with Crippen LogP contribution < -0.4 is 14.5 Å². The van der Waals surface area contributed by atoms with Crippen LogP contribution in [0.3, 0.4) is 0 Å². The van der Waals surface area contributed by atoms with Crippen LogP contribution in [0, 0.1) is 0 Å². The molecule has 2 saturated heterocycles. The summed E-state index contributed by atoms with van der Waals surface area (Å²) in [6.45, 7) is 2.99. The first kappa shape index (κ1) is 20.0. The van der Waals surface area contributed by atoms with Crippen LogP contribution in [-0.2, 0) is 9.59 Å². The normalized spacial score (nSPS) is 20.4. The number of hydrogen-bond acceptors (Lipinski definition) is 5. The van der Waals surface area contributed by atoms with Crippen molar-refractivity contribution in [2.45, 2.75) is 12.5 Å². The molecule has 1 atom stereocenters. The Morgan fingerprint density at radius 3 is 2.10 bits per heavy atom. The number of amides is 2. The molecule has 0 N–H and O–H groups in total. The molecular weight excluding hydrogens is 413 g/mol. The number of rotatable bonds is 4. The first-order valence-electron chi connectivity index (χ1n) is 9.42. The van der Waals surface area contributed by atoms with E-state index in [4.69, 9.17) is 27.9 Å². The molecule has 0 aromatic heterocycles. The third-order valence-electron chi connectivity index (χ3n) is 5.42. The molecule has 8 heteroatoms. The molecule has 0 bridgehead atoms. The van der Waals surface area contributed by atoms with Gasteiger partial charge in [0.25, 0.3) is 5.91 Å². The Hall–Kier alpha value is -2.28. The van der Waals surface area contributed by atoms with E-state index in [1.54, 1.807) is 25.3 Å². The summed E-state index contributed by atoms with van der Waals surface area (Å²) in [7, 11) is 1.65. The molecule has 1 unspecified atom stereocenters. The zero-order valence-corrected chi connectivity index (χ0v) is 17.5. The van der Waals surface area contributed by atoms with Crippen LogP contribution in [0.2, 0.25) is 10.0 Å². The van der Waals surface area contributed by atoms with Gasteiger partial charge in [-0.05, 0) is 42.5 Å². The Kier molecular flexibility index (Phi) is 5.67. The van der Waals surface area contributed by atoms with Gasteiger partial charge in [0.2, 0.25) is 5.91 Å². The van der Waals surface area contributed by atoms with Gasteiger partial charge in [-0.2, -0.15) is 0 Å². The Balaban J connectivity index is 1.43. The van der Waals surface area contributed by atoms with Crippen LogP contribution in [0.25, 0.3) is 0 Å².